The molecule has 1 aliphatic heterocycles. The highest BCUT2D eigenvalue weighted by Crippen LogP contribution is 2.27. The van der Waals surface area contributed by atoms with Crippen molar-refractivity contribution in [1.82, 2.24) is 4.90 Å². The molecule has 1 atom stereocenters. The third kappa shape index (κ3) is 5.76. The van der Waals surface area contributed by atoms with Crippen LogP contribution in [-0.2, 0) is 19.1 Å². The number of nitrogens with one attached hydrogen (secondary N) is 1. The Morgan fingerprint density at radius 2 is 1.85 bits per heavy atom. The van der Waals surface area contributed by atoms with Crippen LogP contribution in [0.25, 0.3) is 0 Å². The van der Waals surface area contributed by atoms with E-state index in [1.54, 1.807) is 6.92 Å². The first-order chi connectivity index (χ1) is 12.4. The van der Waals surface area contributed by atoms with E-state index in [1.807, 2.05) is 36.1 Å². The fraction of sp³-hybridized carbons (Fsp3) is 0.526. The molecule has 1 aromatic rings. The van der Waals surface area contributed by atoms with Crippen molar-refractivity contribution in [2.75, 3.05) is 25.0 Å². The number of carbonyl (C=O) groups excluding carboxylic acids is 3. The van der Waals surface area contributed by atoms with Crippen LogP contribution in [-0.4, -0.2) is 47.6 Å². The van der Waals surface area contributed by atoms with Crippen molar-refractivity contribution in [1.29, 1.82) is 0 Å². The largest absolute Gasteiger partial charge is 0.466 e. The van der Waals surface area contributed by atoms with Crippen LogP contribution in [0.2, 0.25) is 0 Å². The number of amides is 2. The van der Waals surface area contributed by atoms with Gasteiger partial charge in [0.2, 0.25) is 11.8 Å². The molecule has 1 unspecified atom stereocenters. The maximum absolute atomic E-state index is 12.6. The SMILES string of the molecule is CCOC(=O)C1CCN(C(=O)C(C)Sc2ccc(NC(C)=O)cc2)CC1. The highest BCUT2D eigenvalue weighted by molar-refractivity contribution is 8.00. The van der Waals surface area contributed by atoms with Crippen LogP contribution in [0, 0.1) is 5.92 Å². The number of piperidine rings is 1. The summed E-state index contributed by atoms with van der Waals surface area (Å²) in [6.45, 7) is 6.74. The minimum Gasteiger partial charge on any atom is -0.466 e. The summed E-state index contributed by atoms with van der Waals surface area (Å²) in [4.78, 5) is 38.3. The predicted octanol–water partition coefficient (Wildman–Crippen LogP) is 2.93. The number of rotatable bonds is 6. The molecular formula is C19H26N2O4S. The third-order valence-corrected chi connectivity index (χ3v) is 5.36. The van der Waals surface area contributed by atoms with Crippen LogP contribution in [0.1, 0.15) is 33.6 Å². The summed E-state index contributed by atoms with van der Waals surface area (Å²) in [5.41, 5.74) is 0.738. The predicted molar refractivity (Wildman–Crippen MR) is 102 cm³/mol. The number of benzene rings is 1. The zero-order chi connectivity index (χ0) is 19.1. The number of nitrogens with zero attached hydrogens (tertiary/aromatic N) is 1. The highest BCUT2D eigenvalue weighted by atomic mass is 32.2. The van der Waals surface area contributed by atoms with E-state index < -0.39 is 0 Å². The van der Waals surface area contributed by atoms with Crippen LogP contribution in [0.4, 0.5) is 5.69 Å². The van der Waals surface area contributed by atoms with Crippen molar-refractivity contribution in [3.8, 4) is 0 Å². The number of thioether (sulfide) groups is 1. The minimum absolute atomic E-state index is 0.0863. The summed E-state index contributed by atoms with van der Waals surface area (Å²) in [7, 11) is 0. The summed E-state index contributed by atoms with van der Waals surface area (Å²) in [6.07, 6.45) is 1.32. The molecule has 142 valence electrons. The van der Waals surface area contributed by atoms with E-state index in [0.717, 1.165) is 10.6 Å². The van der Waals surface area contributed by atoms with E-state index in [-0.39, 0.29) is 29.0 Å². The van der Waals surface area contributed by atoms with Crippen molar-refractivity contribution in [2.24, 2.45) is 5.92 Å². The van der Waals surface area contributed by atoms with Crippen molar-refractivity contribution < 1.29 is 19.1 Å². The van der Waals surface area contributed by atoms with E-state index in [2.05, 4.69) is 5.32 Å². The maximum atomic E-state index is 12.6. The minimum atomic E-state index is -0.208. The summed E-state index contributed by atoms with van der Waals surface area (Å²) < 4.78 is 5.06. The normalized spacial score (nSPS) is 16.0. The zero-order valence-corrected chi connectivity index (χ0v) is 16.3. The maximum Gasteiger partial charge on any atom is 0.309 e. The molecule has 0 spiro atoms. The van der Waals surface area contributed by atoms with Crippen LogP contribution in [0.3, 0.4) is 0 Å². The van der Waals surface area contributed by atoms with Crippen molar-refractivity contribution in [3.05, 3.63) is 24.3 Å². The fourth-order valence-electron chi connectivity index (χ4n) is 2.93. The van der Waals surface area contributed by atoms with E-state index >= 15 is 0 Å². The first-order valence-electron chi connectivity index (χ1n) is 8.90. The lowest BCUT2D eigenvalue weighted by Gasteiger charge is -2.32. The molecule has 2 rings (SSSR count). The van der Waals surface area contributed by atoms with E-state index in [0.29, 0.717) is 32.5 Å². The van der Waals surface area contributed by atoms with Gasteiger partial charge in [0.25, 0.3) is 0 Å². The lowest BCUT2D eigenvalue weighted by molar-refractivity contribution is -0.151. The molecule has 0 bridgehead atoms. The van der Waals surface area contributed by atoms with Gasteiger partial charge in [0.15, 0.2) is 0 Å². The van der Waals surface area contributed by atoms with Gasteiger partial charge in [-0.25, -0.2) is 0 Å². The monoisotopic (exact) mass is 378 g/mol. The van der Waals surface area contributed by atoms with Crippen molar-refractivity contribution in [2.45, 2.75) is 43.8 Å². The molecule has 1 saturated heterocycles. The standard InChI is InChI=1S/C19H26N2O4S/c1-4-25-19(24)15-9-11-21(12-10-15)18(23)13(2)26-17-7-5-16(6-8-17)20-14(3)22/h5-8,13,15H,4,9-12H2,1-3H3,(H,20,22). The quantitative estimate of drug-likeness (QED) is 0.608. The van der Waals surface area contributed by atoms with Crippen LogP contribution >= 0.6 is 11.8 Å². The van der Waals surface area contributed by atoms with Crippen LogP contribution in [0.15, 0.2) is 29.2 Å². The fourth-order valence-corrected chi connectivity index (χ4v) is 3.88. The van der Waals surface area contributed by atoms with Gasteiger partial charge in [-0.2, -0.15) is 0 Å². The van der Waals surface area contributed by atoms with Gasteiger partial charge in [0, 0.05) is 30.6 Å². The van der Waals surface area contributed by atoms with Gasteiger partial charge in [0.05, 0.1) is 17.8 Å². The second-order valence-electron chi connectivity index (χ2n) is 6.32. The summed E-state index contributed by atoms with van der Waals surface area (Å²) in [5.74, 6) is -0.270. The molecule has 0 saturated carbocycles. The Hall–Kier alpha value is -2.02. The van der Waals surface area contributed by atoms with Crippen LogP contribution < -0.4 is 5.32 Å². The zero-order valence-electron chi connectivity index (χ0n) is 15.5. The summed E-state index contributed by atoms with van der Waals surface area (Å²) in [5, 5.41) is 2.51. The third-order valence-electron chi connectivity index (χ3n) is 4.26. The molecule has 6 nitrogen and oxygen atoms in total. The lowest BCUT2D eigenvalue weighted by Crippen LogP contribution is -2.43. The highest BCUT2D eigenvalue weighted by Gasteiger charge is 2.30. The topological polar surface area (TPSA) is 75.7 Å². The molecule has 1 N–H and O–H groups in total. The Morgan fingerprint density at radius 1 is 1.23 bits per heavy atom. The van der Waals surface area contributed by atoms with E-state index in [1.165, 1.54) is 18.7 Å². The van der Waals surface area contributed by atoms with E-state index in [4.69, 9.17) is 4.74 Å². The lowest BCUT2D eigenvalue weighted by atomic mass is 9.97. The Labute approximate surface area is 158 Å². The Balaban J connectivity index is 1.84. The molecule has 1 fully saturated rings. The molecule has 2 amide bonds. The second-order valence-corrected chi connectivity index (χ2v) is 7.73. The number of hydrogen-bond donors (Lipinski definition) is 1. The van der Waals surface area contributed by atoms with Crippen molar-refractivity contribution >= 4 is 35.2 Å². The van der Waals surface area contributed by atoms with Gasteiger partial charge in [-0.1, -0.05) is 0 Å². The molecule has 26 heavy (non-hydrogen) atoms. The summed E-state index contributed by atoms with van der Waals surface area (Å²) in [6, 6.07) is 7.44. The van der Waals surface area contributed by atoms with Crippen LogP contribution in [0.5, 0.6) is 0 Å². The van der Waals surface area contributed by atoms with Gasteiger partial charge in [-0.3, -0.25) is 14.4 Å². The summed E-state index contributed by atoms with van der Waals surface area (Å²) >= 11 is 1.49. The van der Waals surface area contributed by atoms with Crippen molar-refractivity contribution in [3.63, 3.8) is 0 Å². The first kappa shape index (κ1) is 20.3. The Bertz CT molecular complexity index is 639. The molecule has 1 aromatic carbocycles. The first-order valence-corrected chi connectivity index (χ1v) is 9.78. The van der Waals surface area contributed by atoms with E-state index in [9.17, 15) is 14.4 Å². The molecular weight excluding hydrogens is 352 g/mol. The molecule has 1 aliphatic rings. The number of ether oxygens (including phenoxy) is 1. The van der Waals surface area contributed by atoms with Gasteiger partial charge in [0.1, 0.15) is 0 Å². The molecule has 0 aromatic heterocycles. The second kappa shape index (κ2) is 9.62. The Morgan fingerprint density at radius 3 is 2.38 bits per heavy atom. The average Bonchev–Trinajstić information content (AvgIpc) is 2.62. The molecule has 1 heterocycles. The number of esters is 1. The molecule has 0 aliphatic carbocycles. The number of likely N-dealkylation sites (tertiary alicyclic amines) is 1. The van der Waals surface area contributed by atoms with Gasteiger partial charge >= 0.3 is 5.97 Å². The molecule has 0 radical (unpaired) electrons. The van der Waals surface area contributed by atoms with Gasteiger partial charge in [-0.15, -0.1) is 11.8 Å². The number of hydrogen-bond acceptors (Lipinski definition) is 5. The number of carbonyl (C=O) groups is 3. The Kier molecular flexibility index (Phi) is 7.50. The average molecular weight is 378 g/mol. The number of anilines is 1. The van der Waals surface area contributed by atoms with Gasteiger partial charge in [-0.05, 0) is 51.0 Å². The van der Waals surface area contributed by atoms with Gasteiger partial charge < -0.3 is 15.0 Å². The molecule has 7 heteroatoms. The smallest absolute Gasteiger partial charge is 0.309 e.